The van der Waals surface area contributed by atoms with Gasteiger partial charge in [0, 0.05) is 14.1 Å². The normalized spacial score (nSPS) is 9.56. The molecule has 1 N–H and O–H groups in total. The van der Waals surface area contributed by atoms with Crippen LogP contribution in [0.5, 0.6) is 0 Å². The molecule has 0 aliphatic heterocycles. The lowest BCUT2D eigenvalue weighted by Crippen LogP contribution is -2.12. The highest BCUT2D eigenvalue weighted by atomic mass is 15.3. The van der Waals surface area contributed by atoms with Gasteiger partial charge in [0.2, 0.25) is 0 Å². The highest BCUT2D eigenvalue weighted by Gasteiger charge is 1.73. The van der Waals surface area contributed by atoms with Crippen molar-refractivity contribution in [3.05, 3.63) is 12.7 Å². The van der Waals surface area contributed by atoms with Crippen LogP contribution in [0.3, 0.4) is 0 Å². The molecule has 0 heterocycles. The SMILES string of the molecule is C=CCNN=CN(C)C. The number of rotatable bonds is 4. The molecule has 0 aliphatic carbocycles. The molecule has 0 bridgehead atoms. The van der Waals surface area contributed by atoms with E-state index in [-0.39, 0.29) is 0 Å². The van der Waals surface area contributed by atoms with Crippen LogP contribution >= 0.6 is 0 Å². The number of nitrogens with one attached hydrogen (secondary N) is 1. The quantitative estimate of drug-likeness (QED) is 0.193. The van der Waals surface area contributed by atoms with Crippen LogP contribution in [0.2, 0.25) is 0 Å². The highest BCUT2D eigenvalue weighted by Crippen LogP contribution is 1.64. The maximum atomic E-state index is 3.84. The van der Waals surface area contributed by atoms with E-state index >= 15 is 0 Å². The molecule has 3 heteroatoms. The molecule has 0 fully saturated rings. The number of hydrogen-bond acceptors (Lipinski definition) is 2. The van der Waals surface area contributed by atoms with Gasteiger partial charge >= 0.3 is 0 Å². The summed E-state index contributed by atoms with van der Waals surface area (Å²) in [7, 11) is 3.83. The largest absolute Gasteiger partial charge is 0.367 e. The van der Waals surface area contributed by atoms with Gasteiger partial charge in [0.05, 0.1) is 6.54 Å². The van der Waals surface area contributed by atoms with E-state index in [1.54, 1.807) is 12.4 Å². The summed E-state index contributed by atoms with van der Waals surface area (Å²) < 4.78 is 0. The van der Waals surface area contributed by atoms with Gasteiger partial charge in [-0.1, -0.05) is 6.08 Å². The van der Waals surface area contributed by atoms with Gasteiger partial charge in [-0.15, -0.1) is 6.58 Å². The van der Waals surface area contributed by atoms with Crippen LogP contribution in [-0.2, 0) is 0 Å². The maximum absolute atomic E-state index is 3.84. The molecule has 0 saturated carbocycles. The van der Waals surface area contributed by atoms with E-state index in [1.165, 1.54) is 0 Å². The Kier molecular flexibility index (Phi) is 4.59. The Bertz CT molecular complexity index is 96.5. The zero-order chi connectivity index (χ0) is 7.11. The van der Waals surface area contributed by atoms with Crippen molar-refractivity contribution in [2.45, 2.75) is 0 Å². The van der Waals surface area contributed by atoms with Gasteiger partial charge in [-0.3, -0.25) is 0 Å². The van der Waals surface area contributed by atoms with Gasteiger partial charge in [0.25, 0.3) is 0 Å². The van der Waals surface area contributed by atoms with Crippen LogP contribution in [0.4, 0.5) is 0 Å². The van der Waals surface area contributed by atoms with Gasteiger partial charge in [-0.05, 0) is 0 Å². The van der Waals surface area contributed by atoms with Crippen molar-refractivity contribution in [1.82, 2.24) is 10.3 Å². The maximum Gasteiger partial charge on any atom is 0.110 e. The molecule has 0 amide bonds. The average molecular weight is 127 g/mol. The van der Waals surface area contributed by atoms with Crippen LogP contribution in [-0.4, -0.2) is 31.9 Å². The van der Waals surface area contributed by atoms with Gasteiger partial charge in [0.1, 0.15) is 6.34 Å². The van der Waals surface area contributed by atoms with Gasteiger partial charge in [-0.2, -0.15) is 5.10 Å². The van der Waals surface area contributed by atoms with Crippen molar-refractivity contribution in [2.75, 3.05) is 20.6 Å². The third-order valence-electron chi connectivity index (χ3n) is 0.616. The molecule has 0 rings (SSSR count). The summed E-state index contributed by atoms with van der Waals surface area (Å²) in [6, 6.07) is 0. The molecule has 0 aromatic carbocycles. The third kappa shape index (κ3) is 7.01. The first-order valence-corrected chi connectivity index (χ1v) is 2.80. The van der Waals surface area contributed by atoms with Crippen molar-refractivity contribution >= 4 is 6.34 Å². The molecular weight excluding hydrogens is 114 g/mol. The Morgan fingerprint density at radius 1 is 1.67 bits per heavy atom. The molecule has 0 unspecified atom stereocenters. The molecule has 0 atom stereocenters. The van der Waals surface area contributed by atoms with Crippen LogP contribution in [0.1, 0.15) is 0 Å². The summed E-state index contributed by atoms with van der Waals surface area (Å²) in [4.78, 5) is 1.86. The summed E-state index contributed by atoms with van der Waals surface area (Å²) in [5, 5.41) is 3.84. The first kappa shape index (κ1) is 8.01. The van der Waals surface area contributed by atoms with Crippen LogP contribution in [0, 0.1) is 0 Å². The van der Waals surface area contributed by atoms with Crippen molar-refractivity contribution in [3.63, 3.8) is 0 Å². The van der Waals surface area contributed by atoms with Crippen LogP contribution < -0.4 is 5.43 Å². The minimum Gasteiger partial charge on any atom is -0.367 e. The summed E-state index contributed by atoms with van der Waals surface area (Å²) in [5.41, 5.74) is 2.78. The third-order valence-corrected chi connectivity index (χ3v) is 0.616. The van der Waals surface area contributed by atoms with E-state index in [0.29, 0.717) is 6.54 Å². The van der Waals surface area contributed by atoms with Gasteiger partial charge < -0.3 is 10.3 Å². The Labute approximate surface area is 56.0 Å². The number of hydrazone groups is 1. The van der Waals surface area contributed by atoms with Gasteiger partial charge in [-0.25, -0.2) is 0 Å². The molecule has 0 radical (unpaired) electrons. The lowest BCUT2D eigenvalue weighted by atomic mass is 10.7. The van der Waals surface area contributed by atoms with Crippen LogP contribution in [0.15, 0.2) is 17.8 Å². The second kappa shape index (κ2) is 5.15. The fourth-order valence-electron chi connectivity index (χ4n) is 0.274. The molecule has 9 heavy (non-hydrogen) atoms. The summed E-state index contributed by atoms with van der Waals surface area (Å²) in [6.07, 6.45) is 3.45. The minimum atomic E-state index is 0.713. The monoisotopic (exact) mass is 127 g/mol. The molecule has 52 valence electrons. The van der Waals surface area contributed by atoms with E-state index < -0.39 is 0 Å². The van der Waals surface area contributed by atoms with Crippen molar-refractivity contribution in [2.24, 2.45) is 5.10 Å². The Morgan fingerprint density at radius 3 is 2.78 bits per heavy atom. The zero-order valence-corrected chi connectivity index (χ0v) is 5.96. The first-order valence-electron chi connectivity index (χ1n) is 2.80. The standard InChI is InChI=1S/C6H13N3/c1-4-5-7-8-6-9(2)3/h4,6-7H,1,5H2,2-3H3. The summed E-state index contributed by atoms with van der Waals surface area (Å²) in [5.74, 6) is 0. The van der Waals surface area contributed by atoms with Crippen molar-refractivity contribution in [3.8, 4) is 0 Å². The van der Waals surface area contributed by atoms with E-state index in [0.717, 1.165) is 0 Å². The number of nitrogens with zero attached hydrogens (tertiary/aromatic N) is 2. The van der Waals surface area contributed by atoms with Crippen molar-refractivity contribution in [1.29, 1.82) is 0 Å². The average Bonchev–Trinajstić information content (AvgIpc) is 1.80. The second-order valence-electron chi connectivity index (χ2n) is 1.86. The first-order chi connectivity index (χ1) is 4.27. The molecular formula is C6H13N3. The van der Waals surface area contributed by atoms with Crippen LogP contribution in [0.25, 0.3) is 0 Å². The fraction of sp³-hybridized carbons (Fsp3) is 0.500. The minimum absolute atomic E-state index is 0.713. The highest BCUT2D eigenvalue weighted by molar-refractivity contribution is 5.53. The predicted octanol–water partition coefficient (Wildman–Crippen LogP) is 0.267. The summed E-state index contributed by atoms with van der Waals surface area (Å²) in [6.45, 7) is 4.24. The molecule has 3 nitrogen and oxygen atoms in total. The smallest absolute Gasteiger partial charge is 0.110 e. The Morgan fingerprint density at radius 2 is 2.33 bits per heavy atom. The number of hydrogen-bond donors (Lipinski definition) is 1. The molecule has 0 aromatic rings. The molecule has 0 aromatic heterocycles. The van der Waals surface area contributed by atoms with Gasteiger partial charge in [0.15, 0.2) is 0 Å². The second-order valence-corrected chi connectivity index (χ2v) is 1.86. The Hall–Kier alpha value is -0.990. The van der Waals surface area contributed by atoms with Crippen molar-refractivity contribution < 1.29 is 0 Å². The topological polar surface area (TPSA) is 27.6 Å². The predicted molar refractivity (Wildman–Crippen MR) is 40.4 cm³/mol. The fourth-order valence-corrected chi connectivity index (χ4v) is 0.274. The summed E-state index contributed by atoms with van der Waals surface area (Å²) >= 11 is 0. The van der Waals surface area contributed by atoms with E-state index in [9.17, 15) is 0 Å². The van der Waals surface area contributed by atoms with E-state index in [4.69, 9.17) is 0 Å². The lowest BCUT2D eigenvalue weighted by molar-refractivity contribution is 0.630. The zero-order valence-electron chi connectivity index (χ0n) is 5.96. The molecule has 0 aliphatic rings. The lowest BCUT2D eigenvalue weighted by Gasteiger charge is -2.01. The van der Waals surface area contributed by atoms with E-state index in [2.05, 4.69) is 17.1 Å². The molecule has 0 saturated heterocycles. The Balaban J connectivity index is 3.14. The molecule has 0 spiro atoms. The van der Waals surface area contributed by atoms with E-state index in [1.807, 2.05) is 19.0 Å².